The molecule has 2 unspecified atom stereocenters. The first-order chi connectivity index (χ1) is 22.7. The summed E-state index contributed by atoms with van der Waals surface area (Å²) in [5, 5.41) is 10.4. The maximum absolute atomic E-state index is 15.1. The molecule has 0 radical (unpaired) electrons. The minimum absolute atomic E-state index is 0.0538. The lowest BCUT2D eigenvalue weighted by Crippen LogP contribution is -2.53. The van der Waals surface area contributed by atoms with Crippen LogP contribution in [-0.4, -0.2) is 88.3 Å². The molecule has 2 saturated heterocycles. The monoisotopic (exact) mass is 641 g/mol. The van der Waals surface area contributed by atoms with Gasteiger partial charge in [-0.05, 0) is 61.4 Å². The minimum Gasteiger partial charge on any atom is -0.389 e. The lowest BCUT2D eigenvalue weighted by atomic mass is 9.91. The highest BCUT2D eigenvalue weighted by molar-refractivity contribution is 5.93. The number of pyridine rings is 1. The summed E-state index contributed by atoms with van der Waals surface area (Å²) < 4.78 is 22.5. The number of halogens is 1. The van der Waals surface area contributed by atoms with E-state index in [-0.39, 0.29) is 36.0 Å². The number of likely N-dealkylation sites (tertiary alicyclic amines) is 2. The summed E-state index contributed by atoms with van der Waals surface area (Å²) in [4.78, 5) is 33.8. The summed E-state index contributed by atoms with van der Waals surface area (Å²) in [7, 11) is 1.68. The van der Waals surface area contributed by atoms with Gasteiger partial charge in [0.15, 0.2) is 0 Å². The van der Waals surface area contributed by atoms with E-state index in [9.17, 15) is 14.7 Å². The molecule has 2 atom stereocenters. The molecule has 0 saturated carbocycles. The minimum atomic E-state index is -0.445. The van der Waals surface area contributed by atoms with Crippen molar-refractivity contribution in [2.24, 2.45) is 5.73 Å². The highest BCUT2D eigenvalue weighted by atomic mass is 19.1. The van der Waals surface area contributed by atoms with Gasteiger partial charge >= 0.3 is 0 Å². The first-order valence-corrected chi connectivity index (χ1v) is 16.6. The quantitative estimate of drug-likeness (QED) is 0.230. The van der Waals surface area contributed by atoms with Crippen molar-refractivity contribution in [2.75, 3.05) is 39.9 Å². The van der Waals surface area contributed by atoms with Crippen LogP contribution in [0.15, 0.2) is 60.8 Å². The number of hydrogen-bond acceptors (Lipinski definition) is 6. The van der Waals surface area contributed by atoms with Gasteiger partial charge in [-0.15, -0.1) is 0 Å². The molecule has 0 aliphatic carbocycles. The fraction of sp³-hybridized carbons (Fsp3) is 0.432. The number of nitrogens with zero attached hydrogens (tertiary/aromatic N) is 4. The number of fused-ring (bicyclic) bond motifs is 1. The van der Waals surface area contributed by atoms with Crippen LogP contribution in [0.5, 0.6) is 0 Å². The molecule has 47 heavy (non-hydrogen) atoms. The Balaban J connectivity index is 1.07. The van der Waals surface area contributed by atoms with Crippen molar-refractivity contribution in [3.05, 3.63) is 89.1 Å². The number of benzene rings is 2. The van der Waals surface area contributed by atoms with Crippen molar-refractivity contribution in [3.63, 3.8) is 0 Å². The molecule has 3 N–H and O–H groups in total. The number of nitrogens with two attached hydrogens (primary N) is 1. The standard InChI is InChI=1S/C37H44FN5O4/c1-24-31-7-3-8-32(38)36(31)43(16-5-17-47-2)35(24)28-6-4-15-41(21-28)34(45)19-29(39)18-25-9-11-26(12-10-25)27-13-14-33(40-20-27)37(46)42-22-30(44)23-42/h3,7-14,20,28-30,44H,4-6,15-19,21-23,39H2,1-2H3. The molecule has 10 heteroatoms. The lowest BCUT2D eigenvalue weighted by Gasteiger charge is -2.35. The van der Waals surface area contributed by atoms with Crippen LogP contribution in [0.2, 0.25) is 0 Å². The van der Waals surface area contributed by atoms with Crippen LogP contribution >= 0.6 is 0 Å². The number of aryl methyl sites for hydroxylation is 2. The van der Waals surface area contributed by atoms with Crippen LogP contribution in [0.25, 0.3) is 22.0 Å². The Morgan fingerprint density at radius 1 is 1.06 bits per heavy atom. The lowest BCUT2D eigenvalue weighted by molar-refractivity contribution is -0.132. The van der Waals surface area contributed by atoms with E-state index >= 15 is 4.39 Å². The van der Waals surface area contributed by atoms with Crippen LogP contribution in [-0.2, 0) is 22.5 Å². The topological polar surface area (TPSA) is 114 Å². The van der Waals surface area contributed by atoms with Crippen molar-refractivity contribution in [2.45, 2.75) is 63.6 Å². The van der Waals surface area contributed by atoms with Crippen LogP contribution in [0.3, 0.4) is 0 Å². The number of ether oxygens (including phenoxy) is 1. The summed E-state index contributed by atoms with van der Waals surface area (Å²) >= 11 is 0. The number of carbonyl (C=O) groups is 2. The van der Waals surface area contributed by atoms with E-state index in [1.54, 1.807) is 30.3 Å². The molecule has 4 heterocycles. The molecular formula is C37H44FN5O4. The van der Waals surface area contributed by atoms with E-state index in [2.05, 4.69) is 16.5 Å². The van der Waals surface area contributed by atoms with E-state index in [1.807, 2.05) is 41.3 Å². The molecule has 2 aromatic carbocycles. The van der Waals surface area contributed by atoms with Crippen LogP contribution < -0.4 is 5.73 Å². The van der Waals surface area contributed by atoms with E-state index in [0.29, 0.717) is 57.0 Å². The second-order valence-corrected chi connectivity index (χ2v) is 13.0. The Morgan fingerprint density at radius 3 is 2.53 bits per heavy atom. The van der Waals surface area contributed by atoms with Crippen molar-refractivity contribution >= 4 is 22.7 Å². The molecule has 2 aliphatic rings. The number of β-amino-alcohol motifs (C(OH)–C–C–N with tert-alkyl or cyclic N) is 1. The third-order valence-electron chi connectivity index (χ3n) is 9.58. The van der Waals surface area contributed by atoms with Gasteiger partial charge < -0.3 is 29.9 Å². The zero-order valence-electron chi connectivity index (χ0n) is 27.2. The van der Waals surface area contributed by atoms with Gasteiger partial charge in [-0.25, -0.2) is 4.39 Å². The van der Waals surface area contributed by atoms with Crippen LogP contribution in [0.1, 0.15) is 58.9 Å². The highest BCUT2D eigenvalue weighted by Crippen LogP contribution is 2.37. The zero-order valence-corrected chi connectivity index (χ0v) is 27.2. The number of aliphatic hydroxyl groups is 1. The summed E-state index contributed by atoms with van der Waals surface area (Å²) in [5.74, 6) is -0.218. The van der Waals surface area contributed by atoms with Crippen molar-refractivity contribution in [1.29, 1.82) is 0 Å². The highest BCUT2D eigenvalue weighted by Gasteiger charge is 2.31. The van der Waals surface area contributed by atoms with Gasteiger partial charge in [0.2, 0.25) is 5.91 Å². The van der Waals surface area contributed by atoms with Gasteiger partial charge in [-0.2, -0.15) is 0 Å². The summed E-state index contributed by atoms with van der Waals surface area (Å²) in [6.07, 6.45) is 4.68. The average Bonchev–Trinajstić information content (AvgIpc) is 3.35. The predicted octanol–water partition coefficient (Wildman–Crippen LogP) is 4.67. The normalized spacial score (nSPS) is 17.6. The molecule has 2 fully saturated rings. The third kappa shape index (κ3) is 7.10. The first-order valence-electron chi connectivity index (χ1n) is 16.6. The summed E-state index contributed by atoms with van der Waals surface area (Å²) in [5.41, 5.74) is 12.6. The molecular weight excluding hydrogens is 597 g/mol. The Bertz CT molecular complexity index is 1720. The SMILES string of the molecule is COCCCn1c(C2CCCN(C(=O)CC(N)Cc3ccc(-c4ccc(C(=O)N5CC(O)C5)nc4)cc3)C2)c(C)c2cccc(F)c21. The molecule has 2 aliphatic heterocycles. The Morgan fingerprint density at radius 2 is 1.83 bits per heavy atom. The number of piperidine rings is 1. The number of hydrogen-bond donors (Lipinski definition) is 2. The Labute approximate surface area is 275 Å². The van der Waals surface area contributed by atoms with E-state index < -0.39 is 6.10 Å². The zero-order chi connectivity index (χ0) is 33.1. The molecule has 0 spiro atoms. The van der Waals surface area contributed by atoms with Crippen molar-refractivity contribution in [1.82, 2.24) is 19.4 Å². The number of para-hydroxylation sites is 1. The van der Waals surface area contributed by atoms with Gasteiger partial charge in [-0.3, -0.25) is 14.6 Å². The fourth-order valence-electron chi connectivity index (χ4n) is 7.14. The largest absolute Gasteiger partial charge is 0.389 e. The number of aromatic nitrogens is 2. The van der Waals surface area contributed by atoms with E-state index in [1.165, 1.54) is 6.07 Å². The van der Waals surface area contributed by atoms with E-state index in [0.717, 1.165) is 52.6 Å². The number of amides is 2. The van der Waals surface area contributed by atoms with E-state index in [4.69, 9.17) is 10.5 Å². The number of methoxy groups -OCH3 is 1. The molecule has 9 nitrogen and oxygen atoms in total. The number of carbonyl (C=O) groups excluding carboxylic acids is 2. The maximum Gasteiger partial charge on any atom is 0.272 e. The van der Waals surface area contributed by atoms with Gasteiger partial charge in [0.05, 0.1) is 11.6 Å². The van der Waals surface area contributed by atoms with Gasteiger partial charge in [0.25, 0.3) is 5.91 Å². The molecule has 4 aromatic rings. The molecule has 0 bridgehead atoms. The Kier molecular flexibility index (Phi) is 10.0. The average molecular weight is 642 g/mol. The molecule has 2 amide bonds. The maximum atomic E-state index is 15.1. The number of aliphatic hydroxyl groups excluding tert-OH is 1. The van der Waals surface area contributed by atoms with Crippen molar-refractivity contribution < 1.29 is 23.8 Å². The molecule has 248 valence electrons. The second-order valence-electron chi connectivity index (χ2n) is 13.0. The third-order valence-corrected chi connectivity index (χ3v) is 9.58. The number of rotatable bonds is 11. The Hall–Kier alpha value is -4.12. The van der Waals surface area contributed by atoms with Gasteiger partial charge in [0.1, 0.15) is 11.5 Å². The summed E-state index contributed by atoms with van der Waals surface area (Å²) in [6.45, 7) is 5.32. The molecule has 2 aromatic heterocycles. The van der Waals surface area contributed by atoms with Gasteiger partial charge in [-0.1, -0.05) is 42.5 Å². The van der Waals surface area contributed by atoms with Crippen molar-refractivity contribution in [3.8, 4) is 11.1 Å². The second kappa shape index (κ2) is 14.3. The summed E-state index contributed by atoms with van der Waals surface area (Å²) in [6, 6.07) is 16.6. The first kappa shape index (κ1) is 32.8. The van der Waals surface area contributed by atoms with Crippen LogP contribution in [0.4, 0.5) is 4.39 Å². The smallest absolute Gasteiger partial charge is 0.272 e. The van der Waals surface area contributed by atoms with Crippen LogP contribution in [0, 0.1) is 12.7 Å². The van der Waals surface area contributed by atoms with Gasteiger partial charge in [0, 0.05) is 87.7 Å². The molecule has 6 rings (SSSR count). The fourth-order valence-corrected chi connectivity index (χ4v) is 7.14. The predicted molar refractivity (Wildman–Crippen MR) is 180 cm³/mol.